The normalized spacial score (nSPS) is 19.6. The summed E-state index contributed by atoms with van der Waals surface area (Å²) in [5, 5.41) is 0. The number of unbranched alkanes of at least 4 members (excludes halogenated alkanes) is 2. The number of benzene rings is 2. The molecule has 1 saturated carbocycles. The molecule has 0 aromatic heterocycles. The van der Waals surface area contributed by atoms with Crippen LogP contribution in [-0.4, -0.2) is 6.11 Å². The van der Waals surface area contributed by atoms with Gasteiger partial charge in [0.05, 0.1) is 6.61 Å². The van der Waals surface area contributed by atoms with E-state index < -0.39 is 36.1 Å². The molecule has 0 spiro atoms. The zero-order valence-electron chi connectivity index (χ0n) is 20.8. The van der Waals surface area contributed by atoms with Gasteiger partial charge in [0, 0.05) is 0 Å². The zero-order chi connectivity index (χ0) is 25.4. The third-order valence-corrected chi connectivity index (χ3v) is 7.19. The Morgan fingerprint density at radius 2 is 1.66 bits per heavy atom. The van der Waals surface area contributed by atoms with Crippen molar-refractivity contribution in [1.82, 2.24) is 0 Å². The predicted octanol–water partition coefficient (Wildman–Crippen LogP) is 9.59. The average Bonchev–Trinajstić information content (AvgIpc) is 2.84. The molecule has 35 heavy (non-hydrogen) atoms. The minimum absolute atomic E-state index is 0.134. The summed E-state index contributed by atoms with van der Waals surface area (Å²) in [6.45, 7) is 3.55. The van der Waals surface area contributed by atoms with Crippen molar-refractivity contribution in [1.29, 1.82) is 0 Å². The van der Waals surface area contributed by atoms with E-state index in [1.165, 1.54) is 24.6 Å². The van der Waals surface area contributed by atoms with Gasteiger partial charge in [-0.25, -0.2) is 13.2 Å². The molecule has 0 bridgehead atoms. The number of hydrogen-bond acceptors (Lipinski definition) is 1. The van der Waals surface area contributed by atoms with Gasteiger partial charge in [0.1, 0.15) is 11.6 Å². The standard InChI is InChI=1S/C29H37F5O/c1-3-5-6-8-23-14-15-24(18-26(23)30)28(32)29(33,34)35-19-21-11-16-25(27(31)17-21)22-12-9-20(7-4-2)10-13-22/h11,14-18,20,22,28H,3-10,12-13,19H2,1-2H3. The van der Waals surface area contributed by atoms with Crippen LogP contribution in [0.3, 0.4) is 0 Å². The van der Waals surface area contributed by atoms with Crippen molar-refractivity contribution in [2.45, 2.75) is 103 Å². The summed E-state index contributed by atoms with van der Waals surface area (Å²) in [5.41, 5.74) is 0.712. The molecule has 0 N–H and O–H groups in total. The molecule has 1 atom stereocenters. The van der Waals surface area contributed by atoms with E-state index >= 15 is 0 Å². The third-order valence-electron chi connectivity index (χ3n) is 7.19. The second kappa shape index (κ2) is 12.8. The van der Waals surface area contributed by atoms with Gasteiger partial charge in [0.25, 0.3) is 0 Å². The van der Waals surface area contributed by atoms with Crippen molar-refractivity contribution in [2.24, 2.45) is 5.92 Å². The van der Waals surface area contributed by atoms with E-state index in [4.69, 9.17) is 0 Å². The predicted molar refractivity (Wildman–Crippen MR) is 129 cm³/mol. The van der Waals surface area contributed by atoms with Crippen molar-refractivity contribution < 1.29 is 26.7 Å². The van der Waals surface area contributed by atoms with E-state index in [1.54, 1.807) is 12.1 Å². The van der Waals surface area contributed by atoms with Crippen molar-refractivity contribution in [2.75, 3.05) is 0 Å². The first-order chi connectivity index (χ1) is 16.7. The molecule has 194 valence electrons. The molecule has 0 aliphatic heterocycles. The van der Waals surface area contributed by atoms with Crippen LogP contribution in [-0.2, 0) is 17.8 Å². The summed E-state index contributed by atoms with van der Waals surface area (Å²) in [6, 6.07) is 7.73. The molecule has 3 rings (SSSR count). The van der Waals surface area contributed by atoms with Gasteiger partial charge in [-0.3, -0.25) is 0 Å². The quantitative estimate of drug-likeness (QED) is 0.210. The Kier molecular flexibility index (Phi) is 10.1. The van der Waals surface area contributed by atoms with E-state index in [2.05, 4.69) is 11.7 Å². The van der Waals surface area contributed by atoms with Crippen molar-refractivity contribution in [3.05, 3.63) is 70.3 Å². The minimum atomic E-state index is -4.18. The Hall–Kier alpha value is -1.95. The Bertz CT molecular complexity index is 937. The van der Waals surface area contributed by atoms with Crippen LogP contribution in [0.25, 0.3) is 0 Å². The van der Waals surface area contributed by atoms with Gasteiger partial charge in [-0.1, -0.05) is 63.8 Å². The maximum atomic E-state index is 14.8. The van der Waals surface area contributed by atoms with Crippen LogP contribution in [0.1, 0.15) is 106 Å². The fourth-order valence-electron chi connectivity index (χ4n) is 5.10. The van der Waals surface area contributed by atoms with Gasteiger partial charge in [-0.15, -0.1) is 0 Å². The molecular weight excluding hydrogens is 459 g/mol. The molecule has 1 aliphatic rings. The molecule has 1 fully saturated rings. The Labute approximate surface area is 206 Å². The van der Waals surface area contributed by atoms with Crippen LogP contribution in [0.15, 0.2) is 36.4 Å². The SMILES string of the molecule is CCCCCc1ccc(C(F)C(F)(F)OCc2ccc(C3CCC(CCC)CC3)c(F)c2)cc1F. The van der Waals surface area contributed by atoms with Gasteiger partial charge in [0.15, 0.2) is 0 Å². The molecule has 0 heterocycles. The summed E-state index contributed by atoms with van der Waals surface area (Å²) in [4.78, 5) is 0. The van der Waals surface area contributed by atoms with E-state index in [9.17, 15) is 22.0 Å². The summed E-state index contributed by atoms with van der Waals surface area (Å²) in [7, 11) is 0. The maximum absolute atomic E-state index is 14.8. The van der Waals surface area contributed by atoms with E-state index in [0.717, 1.165) is 57.4 Å². The molecule has 2 aromatic carbocycles. The monoisotopic (exact) mass is 496 g/mol. The number of alkyl halides is 3. The molecule has 2 aromatic rings. The topological polar surface area (TPSA) is 9.23 Å². The molecule has 0 radical (unpaired) electrons. The van der Waals surface area contributed by atoms with Crippen LogP contribution in [0, 0.1) is 17.6 Å². The number of halogens is 5. The number of aryl methyl sites for hydroxylation is 1. The summed E-state index contributed by atoms with van der Waals surface area (Å²) in [5.74, 6) is -0.299. The molecule has 0 saturated heterocycles. The third kappa shape index (κ3) is 7.52. The fourth-order valence-corrected chi connectivity index (χ4v) is 5.10. The van der Waals surface area contributed by atoms with Crippen LogP contribution in [0.2, 0.25) is 0 Å². The average molecular weight is 497 g/mol. The highest BCUT2D eigenvalue weighted by Gasteiger charge is 2.43. The van der Waals surface area contributed by atoms with Crippen molar-refractivity contribution in [3.8, 4) is 0 Å². The smallest absolute Gasteiger partial charge is 0.313 e. The molecule has 1 nitrogen and oxygen atoms in total. The highest BCUT2D eigenvalue weighted by atomic mass is 19.3. The molecule has 1 unspecified atom stereocenters. The lowest BCUT2D eigenvalue weighted by molar-refractivity contribution is -0.282. The highest BCUT2D eigenvalue weighted by molar-refractivity contribution is 5.28. The lowest BCUT2D eigenvalue weighted by Gasteiger charge is -2.29. The van der Waals surface area contributed by atoms with Crippen molar-refractivity contribution in [3.63, 3.8) is 0 Å². The maximum Gasteiger partial charge on any atom is 0.391 e. The van der Waals surface area contributed by atoms with E-state index in [-0.39, 0.29) is 11.5 Å². The van der Waals surface area contributed by atoms with E-state index in [1.807, 2.05) is 6.92 Å². The first kappa shape index (κ1) is 27.6. The fraction of sp³-hybridized carbons (Fsp3) is 0.586. The van der Waals surface area contributed by atoms with Gasteiger partial charge in [-0.2, -0.15) is 8.78 Å². The van der Waals surface area contributed by atoms with Gasteiger partial charge in [0.2, 0.25) is 6.17 Å². The number of rotatable bonds is 12. The first-order valence-electron chi connectivity index (χ1n) is 13.0. The second-order valence-electron chi connectivity index (χ2n) is 9.88. The lowest BCUT2D eigenvalue weighted by atomic mass is 9.77. The number of hydrogen-bond donors (Lipinski definition) is 0. The van der Waals surface area contributed by atoms with Gasteiger partial charge < -0.3 is 4.74 Å². The van der Waals surface area contributed by atoms with Crippen LogP contribution >= 0.6 is 0 Å². The van der Waals surface area contributed by atoms with Gasteiger partial charge in [-0.05, 0) is 84.7 Å². The minimum Gasteiger partial charge on any atom is -0.313 e. The zero-order valence-corrected chi connectivity index (χ0v) is 20.8. The summed E-state index contributed by atoms with van der Waals surface area (Å²) < 4.78 is 77.0. The Morgan fingerprint density at radius 1 is 0.914 bits per heavy atom. The molecule has 6 heteroatoms. The molecular formula is C29H37F5O. The van der Waals surface area contributed by atoms with Crippen molar-refractivity contribution >= 4 is 0 Å². The molecule has 0 amide bonds. The number of ether oxygens (including phenoxy) is 1. The largest absolute Gasteiger partial charge is 0.391 e. The Balaban J connectivity index is 1.58. The molecule has 1 aliphatic carbocycles. The van der Waals surface area contributed by atoms with E-state index in [0.29, 0.717) is 23.5 Å². The lowest BCUT2D eigenvalue weighted by Crippen LogP contribution is -2.27. The van der Waals surface area contributed by atoms with Crippen LogP contribution in [0.5, 0.6) is 0 Å². The van der Waals surface area contributed by atoms with Crippen LogP contribution in [0.4, 0.5) is 22.0 Å². The highest BCUT2D eigenvalue weighted by Crippen LogP contribution is 2.40. The Morgan fingerprint density at radius 3 is 2.29 bits per heavy atom. The summed E-state index contributed by atoms with van der Waals surface area (Å²) in [6.07, 6.45) is 2.51. The second-order valence-corrected chi connectivity index (χ2v) is 9.88. The summed E-state index contributed by atoms with van der Waals surface area (Å²) >= 11 is 0. The first-order valence-corrected chi connectivity index (χ1v) is 13.0. The van der Waals surface area contributed by atoms with Gasteiger partial charge >= 0.3 is 6.11 Å². The van der Waals surface area contributed by atoms with Crippen LogP contribution < -0.4 is 0 Å².